The third-order valence-corrected chi connectivity index (χ3v) is 4.47. The van der Waals surface area contributed by atoms with Crippen molar-refractivity contribution in [3.8, 4) is 5.75 Å². The van der Waals surface area contributed by atoms with Gasteiger partial charge in [0.1, 0.15) is 5.75 Å². The number of ether oxygens (including phenoxy) is 1. The van der Waals surface area contributed by atoms with Crippen molar-refractivity contribution in [2.75, 3.05) is 26.7 Å². The number of benzene rings is 1. The lowest BCUT2D eigenvalue weighted by Crippen LogP contribution is -2.43. The van der Waals surface area contributed by atoms with Crippen LogP contribution in [0.2, 0.25) is 0 Å². The summed E-state index contributed by atoms with van der Waals surface area (Å²) in [6, 6.07) is 8.14. The van der Waals surface area contributed by atoms with Crippen LogP contribution in [-0.2, 0) is 0 Å². The molecule has 1 aromatic carbocycles. The molecule has 0 aromatic heterocycles. The lowest BCUT2D eigenvalue weighted by molar-refractivity contribution is 0.0707. The van der Waals surface area contributed by atoms with Crippen molar-refractivity contribution < 1.29 is 9.53 Å². The summed E-state index contributed by atoms with van der Waals surface area (Å²) >= 11 is 0. The number of piperidine rings is 1. The molecule has 1 aromatic rings. The minimum Gasteiger partial charge on any atom is -0.493 e. The quantitative estimate of drug-likeness (QED) is 0.904. The van der Waals surface area contributed by atoms with Crippen molar-refractivity contribution in [1.82, 2.24) is 10.2 Å². The topological polar surface area (TPSA) is 41.6 Å². The summed E-state index contributed by atoms with van der Waals surface area (Å²) in [6.07, 6.45) is 4.65. The number of hydrogen-bond acceptors (Lipinski definition) is 3. The molecule has 1 saturated carbocycles. The van der Waals surface area contributed by atoms with E-state index in [9.17, 15) is 4.79 Å². The molecule has 2 aliphatic rings. The maximum absolute atomic E-state index is 12.4. The Balaban J connectivity index is 1.54. The van der Waals surface area contributed by atoms with Gasteiger partial charge in [0.05, 0.1) is 6.61 Å². The first-order valence-corrected chi connectivity index (χ1v) is 7.95. The van der Waals surface area contributed by atoms with Crippen molar-refractivity contribution in [3.05, 3.63) is 29.8 Å². The number of amides is 1. The minimum atomic E-state index is 0.137. The first-order valence-electron chi connectivity index (χ1n) is 7.95. The van der Waals surface area contributed by atoms with Gasteiger partial charge in [0.25, 0.3) is 5.91 Å². The van der Waals surface area contributed by atoms with Crippen LogP contribution >= 0.6 is 0 Å². The van der Waals surface area contributed by atoms with Gasteiger partial charge in [-0.1, -0.05) is 0 Å². The smallest absolute Gasteiger partial charge is 0.253 e. The van der Waals surface area contributed by atoms with Crippen molar-refractivity contribution >= 4 is 5.91 Å². The monoisotopic (exact) mass is 288 g/mol. The first kappa shape index (κ1) is 14.4. The van der Waals surface area contributed by atoms with Crippen LogP contribution in [0.15, 0.2) is 24.3 Å². The van der Waals surface area contributed by atoms with Crippen LogP contribution in [0.1, 0.15) is 36.0 Å². The summed E-state index contributed by atoms with van der Waals surface area (Å²) in [5.41, 5.74) is 0.761. The minimum absolute atomic E-state index is 0.137. The van der Waals surface area contributed by atoms with Crippen LogP contribution in [0.5, 0.6) is 5.75 Å². The zero-order valence-electron chi connectivity index (χ0n) is 12.7. The van der Waals surface area contributed by atoms with Gasteiger partial charge in [-0.05, 0) is 62.9 Å². The summed E-state index contributed by atoms with van der Waals surface area (Å²) in [6.45, 7) is 2.49. The highest BCUT2D eigenvalue weighted by molar-refractivity contribution is 5.94. The fourth-order valence-electron chi connectivity index (χ4n) is 2.75. The van der Waals surface area contributed by atoms with Crippen LogP contribution in [0.25, 0.3) is 0 Å². The number of likely N-dealkylation sites (tertiary alicyclic amines) is 1. The summed E-state index contributed by atoms with van der Waals surface area (Å²) in [7, 11) is 1.99. The third-order valence-electron chi connectivity index (χ3n) is 4.47. The second-order valence-electron chi connectivity index (χ2n) is 6.13. The Morgan fingerprint density at radius 3 is 2.43 bits per heavy atom. The summed E-state index contributed by atoms with van der Waals surface area (Å²) in [5, 5.41) is 3.28. The average molecular weight is 288 g/mol. The molecule has 0 radical (unpaired) electrons. The Labute approximate surface area is 126 Å². The Morgan fingerprint density at radius 2 is 1.86 bits per heavy atom. The molecule has 0 spiro atoms. The van der Waals surface area contributed by atoms with E-state index in [0.717, 1.165) is 49.8 Å². The molecule has 4 heteroatoms. The lowest BCUT2D eigenvalue weighted by Gasteiger charge is -2.31. The van der Waals surface area contributed by atoms with Crippen LogP contribution < -0.4 is 10.1 Å². The highest BCUT2D eigenvalue weighted by atomic mass is 16.5. The van der Waals surface area contributed by atoms with E-state index in [4.69, 9.17) is 4.74 Å². The predicted molar refractivity (Wildman–Crippen MR) is 82.6 cm³/mol. The molecule has 1 heterocycles. The molecule has 0 bridgehead atoms. The van der Waals surface area contributed by atoms with Crippen molar-refractivity contribution in [3.63, 3.8) is 0 Å². The van der Waals surface area contributed by atoms with E-state index in [0.29, 0.717) is 6.04 Å². The number of nitrogens with one attached hydrogen (secondary N) is 1. The Hall–Kier alpha value is -1.55. The molecule has 1 amide bonds. The molecule has 21 heavy (non-hydrogen) atoms. The Bertz CT molecular complexity index is 474. The van der Waals surface area contributed by atoms with Gasteiger partial charge in [0.2, 0.25) is 0 Å². The standard InChI is InChI=1S/C17H24N2O2/c1-18-15-8-10-19(11-9-15)17(20)14-4-6-16(7-5-14)21-12-13-2-3-13/h4-7,13,15,18H,2-3,8-12H2,1H3. The first-order chi connectivity index (χ1) is 10.3. The number of carbonyl (C=O) groups is 1. The maximum Gasteiger partial charge on any atom is 0.253 e. The average Bonchev–Trinajstić information content (AvgIpc) is 3.37. The number of hydrogen-bond donors (Lipinski definition) is 1. The van der Waals surface area contributed by atoms with Gasteiger partial charge in [0, 0.05) is 24.7 Å². The summed E-state index contributed by atoms with van der Waals surface area (Å²) < 4.78 is 5.71. The van der Waals surface area contributed by atoms with E-state index in [2.05, 4.69) is 5.32 Å². The van der Waals surface area contributed by atoms with E-state index >= 15 is 0 Å². The molecule has 1 saturated heterocycles. The third kappa shape index (κ3) is 3.76. The number of rotatable bonds is 5. The van der Waals surface area contributed by atoms with Gasteiger partial charge >= 0.3 is 0 Å². The normalized spacial score (nSPS) is 19.6. The second kappa shape index (κ2) is 6.48. The van der Waals surface area contributed by atoms with Crippen molar-refractivity contribution in [1.29, 1.82) is 0 Å². The van der Waals surface area contributed by atoms with Gasteiger partial charge in [-0.2, -0.15) is 0 Å². The molecule has 3 rings (SSSR count). The van der Waals surface area contributed by atoms with Crippen LogP contribution in [0, 0.1) is 5.92 Å². The molecule has 114 valence electrons. The van der Waals surface area contributed by atoms with Crippen molar-refractivity contribution in [2.24, 2.45) is 5.92 Å². The molecule has 1 aliphatic heterocycles. The molecular weight excluding hydrogens is 264 g/mol. The molecule has 2 fully saturated rings. The van der Waals surface area contributed by atoms with E-state index in [-0.39, 0.29) is 5.91 Å². The zero-order chi connectivity index (χ0) is 14.7. The van der Waals surface area contributed by atoms with Gasteiger partial charge in [0.15, 0.2) is 0 Å². The molecule has 0 atom stereocenters. The molecular formula is C17H24N2O2. The second-order valence-corrected chi connectivity index (χ2v) is 6.13. The number of nitrogens with zero attached hydrogens (tertiary/aromatic N) is 1. The molecule has 0 unspecified atom stereocenters. The Morgan fingerprint density at radius 1 is 1.19 bits per heavy atom. The molecule has 4 nitrogen and oxygen atoms in total. The predicted octanol–water partition coefficient (Wildman–Crippen LogP) is 2.30. The van der Waals surface area contributed by atoms with Gasteiger partial charge < -0.3 is 15.0 Å². The molecule has 1 N–H and O–H groups in total. The largest absolute Gasteiger partial charge is 0.493 e. The van der Waals surface area contributed by atoms with E-state index in [1.807, 2.05) is 36.2 Å². The van der Waals surface area contributed by atoms with E-state index < -0.39 is 0 Å². The Kier molecular flexibility index (Phi) is 4.44. The zero-order valence-corrected chi connectivity index (χ0v) is 12.7. The van der Waals surface area contributed by atoms with Crippen LogP contribution in [-0.4, -0.2) is 43.6 Å². The lowest BCUT2D eigenvalue weighted by atomic mass is 10.0. The fourth-order valence-corrected chi connectivity index (χ4v) is 2.75. The van der Waals surface area contributed by atoms with Gasteiger partial charge in [-0.25, -0.2) is 0 Å². The SMILES string of the molecule is CNC1CCN(C(=O)c2ccc(OCC3CC3)cc2)CC1. The maximum atomic E-state index is 12.4. The van der Waals surface area contributed by atoms with Gasteiger partial charge in [-0.3, -0.25) is 4.79 Å². The molecule has 1 aliphatic carbocycles. The van der Waals surface area contributed by atoms with Crippen LogP contribution in [0.3, 0.4) is 0 Å². The highest BCUT2D eigenvalue weighted by Gasteiger charge is 2.23. The summed E-state index contributed by atoms with van der Waals surface area (Å²) in [5.74, 6) is 1.76. The van der Waals surface area contributed by atoms with Crippen molar-refractivity contribution in [2.45, 2.75) is 31.7 Å². The van der Waals surface area contributed by atoms with E-state index in [1.54, 1.807) is 0 Å². The van der Waals surface area contributed by atoms with Crippen LogP contribution in [0.4, 0.5) is 0 Å². The fraction of sp³-hybridized carbons (Fsp3) is 0.588. The summed E-state index contributed by atoms with van der Waals surface area (Å²) in [4.78, 5) is 14.4. The highest BCUT2D eigenvalue weighted by Crippen LogP contribution is 2.29. The van der Waals surface area contributed by atoms with Gasteiger partial charge in [-0.15, -0.1) is 0 Å². The van der Waals surface area contributed by atoms with E-state index in [1.165, 1.54) is 12.8 Å². The number of carbonyl (C=O) groups excluding carboxylic acids is 1.